The summed E-state index contributed by atoms with van der Waals surface area (Å²) in [6.07, 6.45) is 3.48. The van der Waals surface area contributed by atoms with E-state index in [-0.39, 0.29) is 18.6 Å². The first-order valence-corrected chi connectivity index (χ1v) is 5.63. The first-order valence-electron chi connectivity index (χ1n) is 5.26. The number of hydrogen-bond acceptors (Lipinski definition) is 3. The Bertz CT molecular complexity index is 376. The van der Waals surface area contributed by atoms with Crippen LogP contribution in [0.4, 0.5) is 0 Å². The van der Waals surface area contributed by atoms with Crippen LogP contribution in [-0.2, 0) is 0 Å². The Morgan fingerprint density at radius 2 is 2.31 bits per heavy atom. The lowest BCUT2D eigenvalue weighted by molar-refractivity contribution is 0.0702. The molecule has 4 nitrogen and oxygen atoms in total. The molecular weight excluding hydrogens is 228 g/mol. The topological polar surface area (TPSA) is 53.4 Å². The molecular formula is C11H13ClN2O2. The smallest absolute Gasteiger partial charge is 0.272 e. The number of pyridine rings is 1. The van der Waals surface area contributed by atoms with Gasteiger partial charge in [0.2, 0.25) is 0 Å². The number of hydrogen-bond donors (Lipinski definition) is 1. The van der Waals surface area contributed by atoms with Crippen LogP contribution in [0.5, 0.6) is 0 Å². The molecule has 16 heavy (non-hydrogen) atoms. The highest BCUT2D eigenvalue weighted by atomic mass is 35.5. The second-order valence-electron chi connectivity index (χ2n) is 3.81. The van der Waals surface area contributed by atoms with Gasteiger partial charge in [0.15, 0.2) is 0 Å². The van der Waals surface area contributed by atoms with Crippen LogP contribution in [-0.4, -0.2) is 40.1 Å². The number of amides is 1. The highest BCUT2D eigenvalue weighted by Gasteiger charge is 2.32. The molecule has 1 heterocycles. The largest absolute Gasteiger partial charge is 0.395 e. The van der Waals surface area contributed by atoms with E-state index in [2.05, 4.69) is 4.98 Å². The van der Waals surface area contributed by atoms with Crippen molar-refractivity contribution in [2.45, 2.75) is 18.9 Å². The molecule has 1 saturated carbocycles. The summed E-state index contributed by atoms with van der Waals surface area (Å²) < 4.78 is 0. The van der Waals surface area contributed by atoms with Crippen LogP contribution in [0.15, 0.2) is 18.3 Å². The van der Waals surface area contributed by atoms with Crippen molar-refractivity contribution in [2.75, 3.05) is 13.2 Å². The molecule has 0 aliphatic heterocycles. The number of nitrogens with zero attached hydrogens (tertiary/aromatic N) is 2. The van der Waals surface area contributed by atoms with Gasteiger partial charge in [0.25, 0.3) is 5.91 Å². The Morgan fingerprint density at radius 3 is 2.81 bits per heavy atom. The van der Waals surface area contributed by atoms with E-state index in [1.54, 1.807) is 17.0 Å². The van der Waals surface area contributed by atoms with E-state index >= 15 is 0 Å². The van der Waals surface area contributed by atoms with E-state index < -0.39 is 0 Å². The molecule has 0 atom stereocenters. The molecule has 1 fully saturated rings. The number of carbonyl (C=O) groups excluding carboxylic acids is 1. The van der Waals surface area contributed by atoms with Crippen LogP contribution in [0, 0.1) is 0 Å². The summed E-state index contributed by atoms with van der Waals surface area (Å²) >= 11 is 5.70. The van der Waals surface area contributed by atoms with E-state index in [9.17, 15) is 4.79 Å². The molecule has 1 amide bonds. The van der Waals surface area contributed by atoms with Crippen LogP contribution >= 0.6 is 11.6 Å². The van der Waals surface area contributed by atoms with E-state index in [4.69, 9.17) is 16.7 Å². The SMILES string of the molecule is O=C(c1ccc(Cl)cn1)N(CCO)C1CC1. The van der Waals surface area contributed by atoms with Crippen molar-refractivity contribution in [1.29, 1.82) is 0 Å². The third kappa shape index (κ3) is 2.51. The Labute approximate surface area is 98.9 Å². The van der Waals surface area contributed by atoms with Crippen molar-refractivity contribution in [3.8, 4) is 0 Å². The maximum absolute atomic E-state index is 12.0. The van der Waals surface area contributed by atoms with Gasteiger partial charge in [-0.25, -0.2) is 4.98 Å². The predicted octanol–water partition coefficient (Wildman–Crippen LogP) is 1.33. The van der Waals surface area contributed by atoms with Crippen LogP contribution in [0.1, 0.15) is 23.3 Å². The zero-order valence-electron chi connectivity index (χ0n) is 8.77. The average Bonchev–Trinajstić information content (AvgIpc) is 3.10. The maximum atomic E-state index is 12.0. The minimum absolute atomic E-state index is 0.0180. The van der Waals surface area contributed by atoms with Crippen LogP contribution in [0.2, 0.25) is 5.02 Å². The standard InChI is InChI=1S/C11H13ClN2O2/c12-8-1-4-10(13-7-8)11(16)14(5-6-15)9-2-3-9/h1,4,7,9,15H,2-3,5-6H2. The van der Waals surface area contributed by atoms with Gasteiger partial charge in [0, 0.05) is 18.8 Å². The zero-order valence-corrected chi connectivity index (χ0v) is 9.52. The molecule has 1 aliphatic carbocycles. The Morgan fingerprint density at radius 1 is 1.56 bits per heavy atom. The van der Waals surface area contributed by atoms with Gasteiger partial charge >= 0.3 is 0 Å². The molecule has 1 aromatic heterocycles. The van der Waals surface area contributed by atoms with Gasteiger partial charge in [-0.05, 0) is 25.0 Å². The number of halogens is 1. The van der Waals surface area contributed by atoms with Gasteiger partial charge in [-0.2, -0.15) is 0 Å². The van der Waals surface area contributed by atoms with E-state index in [0.29, 0.717) is 17.3 Å². The second kappa shape index (κ2) is 4.80. The number of aliphatic hydroxyl groups is 1. The van der Waals surface area contributed by atoms with E-state index in [1.165, 1.54) is 6.20 Å². The van der Waals surface area contributed by atoms with Crippen LogP contribution in [0.3, 0.4) is 0 Å². The fourth-order valence-electron chi connectivity index (χ4n) is 1.59. The molecule has 0 saturated heterocycles. The number of rotatable bonds is 4. The van der Waals surface area contributed by atoms with Crippen LogP contribution < -0.4 is 0 Å². The van der Waals surface area contributed by atoms with Crippen molar-refractivity contribution < 1.29 is 9.90 Å². The summed E-state index contributed by atoms with van der Waals surface area (Å²) in [6.45, 7) is 0.351. The summed E-state index contributed by atoms with van der Waals surface area (Å²) in [5, 5.41) is 9.43. The molecule has 0 bridgehead atoms. The Hall–Kier alpha value is -1.13. The van der Waals surface area contributed by atoms with Crippen molar-refractivity contribution in [3.05, 3.63) is 29.0 Å². The summed E-state index contributed by atoms with van der Waals surface area (Å²) in [6, 6.07) is 3.53. The van der Waals surface area contributed by atoms with Gasteiger partial charge < -0.3 is 10.0 Å². The molecule has 0 spiro atoms. The number of aromatic nitrogens is 1. The van der Waals surface area contributed by atoms with Crippen molar-refractivity contribution in [2.24, 2.45) is 0 Å². The fourth-order valence-corrected chi connectivity index (χ4v) is 1.71. The normalized spacial score (nSPS) is 14.9. The van der Waals surface area contributed by atoms with Crippen LogP contribution in [0.25, 0.3) is 0 Å². The first kappa shape index (κ1) is 11.4. The number of carbonyl (C=O) groups is 1. The molecule has 86 valence electrons. The lowest BCUT2D eigenvalue weighted by Crippen LogP contribution is -2.35. The van der Waals surface area contributed by atoms with Gasteiger partial charge in [-0.3, -0.25) is 4.79 Å². The molecule has 1 aliphatic rings. The number of aliphatic hydroxyl groups excluding tert-OH is 1. The molecule has 5 heteroatoms. The predicted molar refractivity (Wildman–Crippen MR) is 60.4 cm³/mol. The quantitative estimate of drug-likeness (QED) is 0.864. The van der Waals surface area contributed by atoms with Gasteiger partial charge in [0.05, 0.1) is 11.6 Å². The third-order valence-corrected chi connectivity index (χ3v) is 2.76. The summed E-state index contributed by atoms with van der Waals surface area (Å²) in [5.41, 5.74) is 0.379. The van der Waals surface area contributed by atoms with Crippen molar-refractivity contribution in [3.63, 3.8) is 0 Å². The van der Waals surface area contributed by atoms with Gasteiger partial charge in [0.1, 0.15) is 5.69 Å². The lowest BCUT2D eigenvalue weighted by Gasteiger charge is -2.20. The summed E-state index contributed by atoms with van der Waals surface area (Å²) in [5.74, 6) is -0.131. The monoisotopic (exact) mass is 240 g/mol. The molecule has 1 aromatic rings. The third-order valence-electron chi connectivity index (χ3n) is 2.54. The summed E-state index contributed by atoms with van der Waals surface area (Å²) in [4.78, 5) is 17.7. The second-order valence-corrected chi connectivity index (χ2v) is 4.25. The summed E-state index contributed by atoms with van der Waals surface area (Å²) in [7, 11) is 0. The van der Waals surface area contributed by atoms with Crippen molar-refractivity contribution >= 4 is 17.5 Å². The average molecular weight is 241 g/mol. The molecule has 0 unspecified atom stereocenters. The highest BCUT2D eigenvalue weighted by molar-refractivity contribution is 6.30. The molecule has 0 radical (unpaired) electrons. The molecule has 2 rings (SSSR count). The van der Waals surface area contributed by atoms with Gasteiger partial charge in [-0.15, -0.1) is 0 Å². The first-order chi connectivity index (χ1) is 7.72. The Kier molecular flexibility index (Phi) is 3.41. The maximum Gasteiger partial charge on any atom is 0.272 e. The van der Waals surface area contributed by atoms with Crippen molar-refractivity contribution in [1.82, 2.24) is 9.88 Å². The minimum atomic E-state index is -0.131. The van der Waals surface area contributed by atoms with E-state index in [1.807, 2.05) is 0 Å². The Balaban J connectivity index is 2.12. The molecule has 1 N–H and O–H groups in total. The minimum Gasteiger partial charge on any atom is -0.395 e. The lowest BCUT2D eigenvalue weighted by atomic mass is 10.3. The van der Waals surface area contributed by atoms with E-state index in [0.717, 1.165) is 12.8 Å². The fraction of sp³-hybridized carbons (Fsp3) is 0.455. The van der Waals surface area contributed by atoms with Gasteiger partial charge in [-0.1, -0.05) is 11.6 Å². The molecule has 0 aromatic carbocycles. The zero-order chi connectivity index (χ0) is 11.5. The highest BCUT2D eigenvalue weighted by Crippen LogP contribution is 2.27.